The molecule has 0 unspecified atom stereocenters. The molecule has 5 rings (SSSR count). The Kier molecular flexibility index (Phi) is 6.96. The summed E-state index contributed by atoms with van der Waals surface area (Å²) in [4.78, 5) is 7.43. The summed E-state index contributed by atoms with van der Waals surface area (Å²) in [6.07, 6.45) is 2.13. The zero-order chi connectivity index (χ0) is 29.2. The largest absolute Gasteiger partial charge is 0.385 e. The number of pyridine rings is 1. The first kappa shape index (κ1) is 28.5. The lowest BCUT2D eigenvalue weighted by Gasteiger charge is -2.51. The standard InChI is InChI=1S/C32H38FN3O3S/c1-20(2)36-15-14-32(37,19-31(36,4)5)26-13-10-23(16-27(26)33)28-18-30-25(21(3)34-28)17-29(35(30)6)22-8-11-24(12-9-22)40(7,38)39/h8-13,16-18,20,37H,14-15,19H2,1-7H3/t32-/m0/s1. The van der Waals surface area contributed by atoms with Gasteiger partial charge in [-0.1, -0.05) is 24.3 Å². The molecule has 1 aliphatic rings. The summed E-state index contributed by atoms with van der Waals surface area (Å²) in [7, 11) is -1.32. The Morgan fingerprint density at radius 1 is 1.02 bits per heavy atom. The van der Waals surface area contributed by atoms with E-state index in [1.165, 1.54) is 12.3 Å². The molecule has 0 spiro atoms. The zero-order valence-electron chi connectivity index (χ0n) is 24.3. The number of hydrogen-bond acceptors (Lipinski definition) is 5. The summed E-state index contributed by atoms with van der Waals surface area (Å²) >= 11 is 0. The van der Waals surface area contributed by atoms with Crippen LogP contribution in [0.3, 0.4) is 0 Å². The number of hydrogen-bond donors (Lipinski definition) is 1. The van der Waals surface area contributed by atoms with E-state index in [0.717, 1.165) is 27.9 Å². The van der Waals surface area contributed by atoms with E-state index in [-0.39, 0.29) is 10.4 Å². The van der Waals surface area contributed by atoms with Crippen molar-refractivity contribution in [3.63, 3.8) is 0 Å². The molecule has 2 aromatic carbocycles. The van der Waals surface area contributed by atoms with E-state index >= 15 is 4.39 Å². The van der Waals surface area contributed by atoms with Crippen LogP contribution in [0.4, 0.5) is 4.39 Å². The normalized spacial score (nSPS) is 19.9. The molecule has 0 saturated carbocycles. The van der Waals surface area contributed by atoms with Crippen LogP contribution >= 0.6 is 0 Å². The number of halogens is 1. The number of nitrogens with zero attached hydrogens (tertiary/aromatic N) is 3. The summed E-state index contributed by atoms with van der Waals surface area (Å²) in [5.41, 5.74) is 3.72. The number of aryl methyl sites for hydroxylation is 2. The van der Waals surface area contributed by atoms with E-state index in [0.29, 0.717) is 42.2 Å². The highest BCUT2D eigenvalue weighted by atomic mass is 32.2. The number of aromatic nitrogens is 2. The minimum atomic E-state index is -3.27. The molecule has 1 atom stereocenters. The molecule has 0 radical (unpaired) electrons. The van der Waals surface area contributed by atoms with Gasteiger partial charge in [0.2, 0.25) is 0 Å². The van der Waals surface area contributed by atoms with Gasteiger partial charge in [0.1, 0.15) is 5.82 Å². The molecule has 1 aliphatic heterocycles. The molecular weight excluding hydrogens is 525 g/mol. The zero-order valence-corrected chi connectivity index (χ0v) is 25.1. The van der Waals surface area contributed by atoms with Crippen molar-refractivity contribution in [2.45, 2.75) is 69.5 Å². The summed E-state index contributed by atoms with van der Waals surface area (Å²) in [5.74, 6) is -0.424. The van der Waals surface area contributed by atoms with Crippen LogP contribution in [0.15, 0.2) is 59.5 Å². The average molecular weight is 564 g/mol. The van der Waals surface area contributed by atoms with Crippen LogP contribution in [0.5, 0.6) is 0 Å². The molecule has 3 heterocycles. The van der Waals surface area contributed by atoms with E-state index < -0.39 is 21.3 Å². The number of aliphatic hydroxyl groups is 1. The van der Waals surface area contributed by atoms with Gasteiger partial charge in [0.15, 0.2) is 9.84 Å². The van der Waals surface area contributed by atoms with Gasteiger partial charge >= 0.3 is 0 Å². The van der Waals surface area contributed by atoms with E-state index in [1.54, 1.807) is 30.3 Å². The van der Waals surface area contributed by atoms with Gasteiger partial charge in [-0.15, -0.1) is 0 Å². The predicted octanol–water partition coefficient (Wildman–Crippen LogP) is 6.23. The SMILES string of the molecule is Cc1nc(-c2ccc([C@]3(O)CCN(C(C)C)C(C)(C)C3)c(F)c2)cc2c1cc(-c1ccc(S(C)(=O)=O)cc1)n2C. The van der Waals surface area contributed by atoms with Crippen molar-refractivity contribution in [3.8, 4) is 22.5 Å². The van der Waals surface area contributed by atoms with Crippen LogP contribution in [0.2, 0.25) is 0 Å². The molecule has 2 aromatic heterocycles. The molecule has 0 amide bonds. The lowest BCUT2D eigenvalue weighted by Crippen LogP contribution is -2.57. The average Bonchev–Trinajstić information content (AvgIpc) is 3.19. The van der Waals surface area contributed by atoms with Crippen molar-refractivity contribution in [3.05, 3.63) is 71.7 Å². The highest BCUT2D eigenvalue weighted by Crippen LogP contribution is 2.43. The fourth-order valence-electron chi connectivity index (χ4n) is 6.54. The Morgan fingerprint density at radius 3 is 2.25 bits per heavy atom. The van der Waals surface area contributed by atoms with Gasteiger partial charge in [0.25, 0.3) is 0 Å². The molecule has 0 aliphatic carbocycles. The van der Waals surface area contributed by atoms with E-state index in [4.69, 9.17) is 4.98 Å². The highest BCUT2D eigenvalue weighted by molar-refractivity contribution is 7.90. The minimum Gasteiger partial charge on any atom is -0.385 e. The van der Waals surface area contributed by atoms with Crippen molar-refractivity contribution in [2.24, 2.45) is 7.05 Å². The lowest BCUT2D eigenvalue weighted by molar-refractivity contribution is -0.0922. The highest BCUT2D eigenvalue weighted by Gasteiger charge is 2.45. The van der Waals surface area contributed by atoms with Crippen molar-refractivity contribution in [1.82, 2.24) is 14.5 Å². The first-order chi connectivity index (χ1) is 18.6. The Hall–Kier alpha value is -3.07. The first-order valence-electron chi connectivity index (χ1n) is 13.7. The lowest BCUT2D eigenvalue weighted by atomic mass is 9.74. The number of piperidine rings is 1. The molecular formula is C32H38FN3O3S. The minimum absolute atomic E-state index is 0.259. The molecule has 1 fully saturated rings. The second kappa shape index (κ2) is 9.79. The summed E-state index contributed by atoms with van der Waals surface area (Å²) < 4.78 is 41.4. The molecule has 6 nitrogen and oxygen atoms in total. The predicted molar refractivity (Wildman–Crippen MR) is 158 cm³/mol. The van der Waals surface area contributed by atoms with E-state index in [2.05, 4.69) is 32.6 Å². The second-order valence-electron chi connectivity index (χ2n) is 12.2. The molecule has 1 N–H and O–H groups in total. The van der Waals surface area contributed by atoms with Gasteiger partial charge in [-0.3, -0.25) is 9.88 Å². The Bertz CT molecular complexity index is 1710. The first-order valence-corrected chi connectivity index (χ1v) is 15.6. The van der Waals surface area contributed by atoms with Crippen molar-refractivity contribution >= 4 is 20.7 Å². The topological polar surface area (TPSA) is 75.4 Å². The van der Waals surface area contributed by atoms with Crippen LogP contribution in [-0.2, 0) is 22.5 Å². The maximum absolute atomic E-state index is 15.7. The quantitative estimate of drug-likeness (QED) is 0.312. The van der Waals surface area contributed by atoms with Gasteiger partial charge in [-0.2, -0.15) is 0 Å². The molecule has 8 heteroatoms. The van der Waals surface area contributed by atoms with Crippen molar-refractivity contribution in [2.75, 3.05) is 12.8 Å². The number of benzene rings is 2. The van der Waals surface area contributed by atoms with Gasteiger partial charge in [0, 0.05) is 59.3 Å². The van der Waals surface area contributed by atoms with Crippen LogP contribution in [0, 0.1) is 12.7 Å². The van der Waals surface area contributed by atoms with Gasteiger partial charge in [-0.05, 0) is 83.4 Å². The van der Waals surface area contributed by atoms with Crippen LogP contribution in [0.1, 0.15) is 51.8 Å². The smallest absolute Gasteiger partial charge is 0.175 e. The second-order valence-corrected chi connectivity index (χ2v) is 14.2. The van der Waals surface area contributed by atoms with Crippen LogP contribution in [-0.4, -0.2) is 52.4 Å². The molecule has 4 aromatic rings. The van der Waals surface area contributed by atoms with Gasteiger partial charge in [-0.25, -0.2) is 12.8 Å². The number of rotatable bonds is 5. The van der Waals surface area contributed by atoms with Crippen molar-refractivity contribution in [1.29, 1.82) is 0 Å². The summed E-state index contributed by atoms with van der Waals surface area (Å²) in [5, 5.41) is 12.6. The Labute approximate surface area is 236 Å². The number of likely N-dealkylation sites (tertiary alicyclic amines) is 1. The van der Waals surface area contributed by atoms with Crippen LogP contribution in [0.25, 0.3) is 33.4 Å². The third kappa shape index (κ3) is 4.97. The monoisotopic (exact) mass is 563 g/mol. The van der Waals surface area contributed by atoms with E-state index in [1.807, 2.05) is 36.7 Å². The molecule has 0 bridgehead atoms. The number of sulfone groups is 1. The maximum atomic E-state index is 15.7. The Morgan fingerprint density at radius 2 is 1.68 bits per heavy atom. The maximum Gasteiger partial charge on any atom is 0.175 e. The van der Waals surface area contributed by atoms with Gasteiger partial charge < -0.3 is 9.67 Å². The summed E-state index contributed by atoms with van der Waals surface area (Å²) in [6.45, 7) is 11.2. The van der Waals surface area contributed by atoms with E-state index in [9.17, 15) is 13.5 Å². The van der Waals surface area contributed by atoms with Crippen molar-refractivity contribution < 1.29 is 17.9 Å². The molecule has 212 valence electrons. The summed E-state index contributed by atoms with van der Waals surface area (Å²) in [6, 6.07) is 16.2. The van der Waals surface area contributed by atoms with Gasteiger partial charge in [0.05, 0.1) is 21.7 Å². The number of fused-ring (bicyclic) bond motifs is 1. The third-order valence-electron chi connectivity index (χ3n) is 8.47. The molecule has 1 saturated heterocycles. The fraction of sp³-hybridized carbons (Fsp3) is 0.406. The fourth-order valence-corrected chi connectivity index (χ4v) is 7.17. The third-order valence-corrected chi connectivity index (χ3v) is 9.60. The Balaban J connectivity index is 1.50. The molecule has 40 heavy (non-hydrogen) atoms. The van der Waals surface area contributed by atoms with Crippen LogP contribution < -0.4 is 0 Å².